The molecule has 0 bridgehead atoms. The Morgan fingerprint density at radius 1 is 1.21 bits per heavy atom. The molecule has 2 heterocycles. The zero-order valence-electron chi connectivity index (χ0n) is 13.3. The largest absolute Gasteiger partial charge is 0.378 e. The molecule has 1 aromatic carbocycles. The van der Waals surface area contributed by atoms with Gasteiger partial charge in [-0.05, 0) is 31.0 Å². The monoisotopic (exact) mass is 328 g/mol. The van der Waals surface area contributed by atoms with E-state index in [1.807, 2.05) is 18.2 Å². The summed E-state index contributed by atoms with van der Waals surface area (Å²) < 4.78 is 0. The number of nitrogen functional groups attached to an aromatic ring is 1. The van der Waals surface area contributed by atoms with E-state index in [-0.39, 0.29) is 17.5 Å². The smallest absolute Gasteiger partial charge is 0.329 e. The Kier molecular flexibility index (Phi) is 4.74. The molecule has 3 N–H and O–H groups in total. The first kappa shape index (κ1) is 16.0. The summed E-state index contributed by atoms with van der Waals surface area (Å²) in [6.45, 7) is 2.12. The minimum Gasteiger partial charge on any atom is -0.378 e. The standard InChI is InChI=1S/C16H20N6O2/c17-15-14(22(23)24)11-18-16(20-15)19-12-6-5-7-13(10-12)21-8-3-1-2-4-9-21/h5-7,10-11H,1-4,8-9H2,(H3,17,18,19,20). The molecule has 0 unspecified atom stereocenters. The van der Waals surface area contributed by atoms with Gasteiger partial charge in [-0.2, -0.15) is 4.98 Å². The molecule has 0 aliphatic carbocycles. The molecule has 3 rings (SSSR count). The fourth-order valence-corrected chi connectivity index (χ4v) is 2.83. The van der Waals surface area contributed by atoms with Gasteiger partial charge >= 0.3 is 5.69 Å². The van der Waals surface area contributed by atoms with Crippen LogP contribution in [0.5, 0.6) is 0 Å². The molecule has 0 amide bonds. The predicted molar refractivity (Wildman–Crippen MR) is 93.5 cm³/mol. The number of rotatable bonds is 4. The first-order chi connectivity index (χ1) is 11.6. The SMILES string of the molecule is Nc1nc(Nc2cccc(N3CCCCCC3)c2)ncc1[N+](=O)[O-]. The molecular weight excluding hydrogens is 308 g/mol. The number of nitrogens with zero attached hydrogens (tertiary/aromatic N) is 4. The van der Waals surface area contributed by atoms with Crippen LogP contribution in [0.2, 0.25) is 0 Å². The van der Waals surface area contributed by atoms with Crippen molar-refractivity contribution in [2.24, 2.45) is 0 Å². The zero-order chi connectivity index (χ0) is 16.9. The van der Waals surface area contributed by atoms with Crippen molar-refractivity contribution >= 4 is 28.8 Å². The van der Waals surface area contributed by atoms with E-state index in [0.29, 0.717) is 0 Å². The number of benzene rings is 1. The number of hydrogen-bond acceptors (Lipinski definition) is 7. The summed E-state index contributed by atoms with van der Waals surface area (Å²) in [4.78, 5) is 20.4. The fraction of sp³-hybridized carbons (Fsp3) is 0.375. The molecule has 0 radical (unpaired) electrons. The molecule has 1 aliphatic rings. The molecule has 24 heavy (non-hydrogen) atoms. The molecular formula is C16H20N6O2. The molecule has 126 valence electrons. The van der Waals surface area contributed by atoms with E-state index in [1.54, 1.807) is 0 Å². The Labute approximate surface area is 139 Å². The average Bonchev–Trinajstić information content (AvgIpc) is 2.84. The summed E-state index contributed by atoms with van der Waals surface area (Å²) in [7, 11) is 0. The van der Waals surface area contributed by atoms with E-state index >= 15 is 0 Å². The summed E-state index contributed by atoms with van der Waals surface area (Å²) in [6.07, 6.45) is 6.09. The maximum Gasteiger partial charge on any atom is 0.329 e. The summed E-state index contributed by atoms with van der Waals surface area (Å²) in [5.41, 5.74) is 7.28. The van der Waals surface area contributed by atoms with Crippen LogP contribution in [0.4, 0.5) is 28.8 Å². The second-order valence-electron chi connectivity index (χ2n) is 5.80. The van der Waals surface area contributed by atoms with Gasteiger partial charge < -0.3 is 16.0 Å². The lowest BCUT2D eigenvalue weighted by molar-refractivity contribution is -0.384. The van der Waals surface area contributed by atoms with Crippen molar-refractivity contribution < 1.29 is 4.92 Å². The molecule has 0 spiro atoms. The predicted octanol–water partition coefficient (Wildman–Crippen LogP) is 3.09. The maximum atomic E-state index is 10.8. The van der Waals surface area contributed by atoms with Crippen LogP contribution >= 0.6 is 0 Å². The summed E-state index contributed by atoms with van der Waals surface area (Å²) >= 11 is 0. The minimum atomic E-state index is -0.598. The summed E-state index contributed by atoms with van der Waals surface area (Å²) in [5, 5.41) is 13.8. The van der Waals surface area contributed by atoms with Gasteiger partial charge in [0.15, 0.2) is 0 Å². The Morgan fingerprint density at radius 3 is 2.62 bits per heavy atom. The molecule has 2 aromatic rings. The van der Waals surface area contributed by atoms with Crippen LogP contribution in [0, 0.1) is 10.1 Å². The van der Waals surface area contributed by atoms with Crippen molar-refractivity contribution in [3.05, 3.63) is 40.6 Å². The van der Waals surface area contributed by atoms with E-state index in [4.69, 9.17) is 5.73 Å². The highest BCUT2D eigenvalue weighted by molar-refractivity contribution is 5.63. The van der Waals surface area contributed by atoms with Gasteiger partial charge in [0.1, 0.15) is 6.20 Å². The first-order valence-corrected chi connectivity index (χ1v) is 8.02. The first-order valence-electron chi connectivity index (χ1n) is 8.02. The van der Waals surface area contributed by atoms with Crippen molar-refractivity contribution in [1.82, 2.24) is 9.97 Å². The van der Waals surface area contributed by atoms with Crippen LogP contribution in [0.15, 0.2) is 30.5 Å². The maximum absolute atomic E-state index is 10.8. The third-order valence-electron chi connectivity index (χ3n) is 4.07. The van der Waals surface area contributed by atoms with Crippen LogP contribution in [0.3, 0.4) is 0 Å². The van der Waals surface area contributed by atoms with Crippen molar-refractivity contribution in [3.63, 3.8) is 0 Å². The Morgan fingerprint density at radius 2 is 1.96 bits per heavy atom. The highest BCUT2D eigenvalue weighted by atomic mass is 16.6. The van der Waals surface area contributed by atoms with Crippen LogP contribution in [-0.4, -0.2) is 28.0 Å². The normalized spacial score (nSPS) is 14.9. The average molecular weight is 328 g/mol. The van der Waals surface area contributed by atoms with Gasteiger partial charge in [-0.1, -0.05) is 18.9 Å². The quantitative estimate of drug-likeness (QED) is 0.655. The highest BCUT2D eigenvalue weighted by Crippen LogP contribution is 2.25. The zero-order valence-corrected chi connectivity index (χ0v) is 13.3. The van der Waals surface area contributed by atoms with Crippen LogP contribution < -0.4 is 16.0 Å². The van der Waals surface area contributed by atoms with Gasteiger partial charge in [0.2, 0.25) is 11.8 Å². The number of nitro groups is 1. The van der Waals surface area contributed by atoms with Gasteiger partial charge in [-0.3, -0.25) is 10.1 Å². The number of anilines is 4. The number of nitrogens with one attached hydrogen (secondary N) is 1. The molecule has 8 nitrogen and oxygen atoms in total. The molecule has 1 aromatic heterocycles. The van der Waals surface area contributed by atoms with Gasteiger partial charge in [0.25, 0.3) is 0 Å². The van der Waals surface area contributed by atoms with Gasteiger partial charge in [-0.25, -0.2) is 4.98 Å². The van der Waals surface area contributed by atoms with Crippen LogP contribution in [0.1, 0.15) is 25.7 Å². The van der Waals surface area contributed by atoms with Crippen LogP contribution in [0.25, 0.3) is 0 Å². The molecule has 1 saturated heterocycles. The highest BCUT2D eigenvalue weighted by Gasteiger charge is 2.15. The van der Waals surface area contributed by atoms with Crippen LogP contribution in [-0.2, 0) is 0 Å². The third-order valence-corrected chi connectivity index (χ3v) is 4.07. The number of hydrogen-bond donors (Lipinski definition) is 2. The lowest BCUT2D eigenvalue weighted by Crippen LogP contribution is -2.23. The fourth-order valence-electron chi connectivity index (χ4n) is 2.83. The third kappa shape index (κ3) is 3.70. The van der Waals surface area contributed by atoms with Crippen molar-refractivity contribution in [2.45, 2.75) is 25.7 Å². The van der Waals surface area contributed by atoms with E-state index in [1.165, 1.54) is 25.7 Å². The van der Waals surface area contributed by atoms with Crippen molar-refractivity contribution in [2.75, 3.05) is 29.0 Å². The van der Waals surface area contributed by atoms with Gasteiger partial charge in [0, 0.05) is 24.5 Å². The number of aromatic nitrogens is 2. The molecule has 1 fully saturated rings. The molecule has 1 aliphatic heterocycles. The van der Waals surface area contributed by atoms with E-state index < -0.39 is 4.92 Å². The Hall–Kier alpha value is -2.90. The minimum absolute atomic E-state index is 0.152. The van der Waals surface area contributed by atoms with E-state index in [9.17, 15) is 10.1 Å². The van der Waals surface area contributed by atoms with E-state index in [0.717, 1.165) is 30.7 Å². The second kappa shape index (κ2) is 7.12. The molecule has 8 heteroatoms. The lowest BCUT2D eigenvalue weighted by atomic mass is 10.2. The van der Waals surface area contributed by atoms with Crippen molar-refractivity contribution in [3.8, 4) is 0 Å². The van der Waals surface area contributed by atoms with Gasteiger partial charge in [-0.15, -0.1) is 0 Å². The Bertz CT molecular complexity index is 728. The Balaban J connectivity index is 1.77. The topological polar surface area (TPSA) is 110 Å². The lowest BCUT2D eigenvalue weighted by Gasteiger charge is -2.23. The number of nitrogens with two attached hydrogens (primary N) is 1. The van der Waals surface area contributed by atoms with Crippen molar-refractivity contribution in [1.29, 1.82) is 0 Å². The van der Waals surface area contributed by atoms with E-state index in [2.05, 4.69) is 26.3 Å². The molecule has 0 atom stereocenters. The summed E-state index contributed by atoms with van der Waals surface area (Å²) in [5.74, 6) is 0.0901. The summed E-state index contributed by atoms with van der Waals surface area (Å²) in [6, 6.07) is 7.99. The van der Waals surface area contributed by atoms with Gasteiger partial charge in [0.05, 0.1) is 4.92 Å². The second-order valence-corrected chi connectivity index (χ2v) is 5.80. The molecule has 0 saturated carbocycles.